The molecule has 1 aliphatic carbocycles. The highest BCUT2D eigenvalue weighted by atomic mass is 35.5. The normalized spacial score (nSPS) is 25.0. The maximum Gasteiger partial charge on any atom is 0.217 e. The van der Waals surface area contributed by atoms with Crippen molar-refractivity contribution in [3.63, 3.8) is 0 Å². The van der Waals surface area contributed by atoms with E-state index in [1.54, 1.807) is 0 Å². The third-order valence-electron chi connectivity index (χ3n) is 3.50. The summed E-state index contributed by atoms with van der Waals surface area (Å²) in [5.41, 5.74) is 6.58. The Morgan fingerprint density at radius 1 is 1.38 bits per heavy atom. The van der Waals surface area contributed by atoms with Gasteiger partial charge in [-0.2, -0.15) is 4.39 Å². The number of anilines is 1. The van der Waals surface area contributed by atoms with Gasteiger partial charge in [0.05, 0.1) is 24.5 Å². The van der Waals surface area contributed by atoms with Crippen LogP contribution < -0.4 is 5.73 Å². The zero-order chi connectivity index (χ0) is 14.4. The molecule has 0 bridgehead atoms. The molecule has 114 valence electrons. The summed E-state index contributed by atoms with van der Waals surface area (Å²) in [7, 11) is 0. The second kappa shape index (κ2) is 5.57. The Hall–Kier alpha value is -1.74. The number of halogens is 2. The van der Waals surface area contributed by atoms with E-state index in [9.17, 15) is 14.6 Å². The molecule has 3 rings (SSSR count). The molecule has 2 aromatic rings. The average molecular weight is 317 g/mol. The molecule has 0 spiro atoms. The Labute approximate surface area is 125 Å². The number of nitrogen functional groups attached to an aromatic ring is 1. The van der Waals surface area contributed by atoms with Gasteiger partial charge in [-0.15, -0.1) is 12.4 Å². The van der Waals surface area contributed by atoms with Crippen LogP contribution in [0.4, 0.5) is 10.2 Å². The lowest BCUT2D eigenvalue weighted by Gasteiger charge is -2.19. The molecular formula is C12H14ClFN4O3. The Balaban J connectivity index is 0.00000161. The second-order valence-corrected chi connectivity index (χ2v) is 4.68. The van der Waals surface area contributed by atoms with E-state index >= 15 is 0 Å². The summed E-state index contributed by atoms with van der Waals surface area (Å²) in [5.74, 6) is -0.797. The lowest BCUT2D eigenvalue weighted by atomic mass is 10.1. The number of imidazole rings is 1. The summed E-state index contributed by atoms with van der Waals surface area (Å²) < 4.78 is 14.9. The van der Waals surface area contributed by atoms with Gasteiger partial charge in [0.15, 0.2) is 5.82 Å². The number of rotatable bonds is 2. The quantitative estimate of drug-likeness (QED) is 0.449. The fourth-order valence-electron chi connectivity index (χ4n) is 2.48. The number of fused-ring (bicyclic) bond motifs is 1. The van der Waals surface area contributed by atoms with E-state index in [1.165, 1.54) is 17.0 Å². The summed E-state index contributed by atoms with van der Waals surface area (Å²) in [6.07, 6.45) is 0.614. The molecule has 3 unspecified atom stereocenters. The van der Waals surface area contributed by atoms with Crippen molar-refractivity contribution in [2.45, 2.75) is 18.2 Å². The molecule has 2 heterocycles. The number of hydrogen-bond donors (Lipinski definition) is 4. The molecule has 0 amide bonds. The van der Waals surface area contributed by atoms with Crippen LogP contribution in [-0.4, -0.2) is 48.7 Å². The van der Waals surface area contributed by atoms with Crippen molar-refractivity contribution in [2.24, 2.45) is 0 Å². The predicted molar refractivity (Wildman–Crippen MR) is 75.4 cm³/mol. The van der Waals surface area contributed by atoms with Crippen LogP contribution in [0.15, 0.2) is 24.0 Å². The molecule has 5 N–H and O–H groups in total. The molecule has 0 saturated carbocycles. The van der Waals surface area contributed by atoms with Crippen LogP contribution in [0.3, 0.4) is 0 Å². The monoisotopic (exact) mass is 316 g/mol. The maximum atomic E-state index is 13.4. The standard InChI is InChI=1S/C12H13FN4O3.ClH/c13-8-2-6-9(12(14)16-8)15-4-17(6)7-1-5(3-18)10(19)11(7)20;/h1-2,4,7,10-11,18-20H,3H2,(H2,14,16);1H. The summed E-state index contributed by atoms with van der Waals surface area (Å²) in [6.45, 7) is -0.362. The summed E-state index contributed by atoms with van der Waals surface area (Å²) in [4.78, 5) is 7.51. The summed E-state index contributed by atoms with van der Waals surface area (Å²) >= 11 is 0. The lowest BCUT2D eigenvalue weighted by Crippen LogP contribution is -2.29. The topological polar surface area (TPSA) is 117 Å². The first kappa shape index (κ1) is 15.6. The van der Waals surface area contributed by atoms with Crippen molar-refractivity contribution in [2.75, 3.05) is 12.3 Å². The van der Waals surface area contributed by atoms with E-state index in [-0.39, 0.29) is 24.8 Å². The highest BCUT2D eigenvalue weighted by Crippen LogP contribution is 2.32. The molecule has 0 fully saturated rings. The van der Waals surface area contributed by atoms with Crippen LogP contribution in [0, 0.1) is 5.95 Å². The third-order valence-corrected chi connectivity index (χ3v) is 3.50. The fraction of sp³-hybridized carbons (Fsp3) is 0.333. The Morgan fingerprint density at radius 2 is 2.10 bits per heavy atom. The molecule has 0 radical (unpaired) electrons. The molecule has 9 heteroatoms. The second-order valence-electron chi connectivity index (χ2n) is 4.68. The Morgan fingerprint density at radius 3 is 2.71 bits per heavy atom. The molecular weight excluding hydrogens is 303 g/mol. The van der Waals surface area contributed by atoms with E-state index in [0.717, 1.165) is 6.07 Å². The highest BCUT2D eigenvalue weighted by molar-refractivity contribution is 5.85. The highest BCUT2D eigenvalue weighted by Gasteiger charge is 2.36. The van der Waals surface area contributed by atoms with Gasteiger partial charge in [-0.05, 0) is 5.57 Å². The molecule has 3 atom stereocenters. The van der Waals surface area contributed by atoms with E-state index in [1.807, 2.05) is 0 Å². The smallest absolute Gasteiger partial charge is 0.217 e. The van der Waals surface area contributed by atoms with Crippen LogP contribution >= 0.6 is 12.4 Å². The van der Waals surface area contributed by atoms with Gasteiger partial charge in [0.2, 0.25) is 5.95 Å². The Bertz CT molecular complexity index is 705. The van der Waals surface area contributed by atoms with Crippen LogP contribution in [0.1, 0.15) is 6.04 Å². The van der Waals surface area contributed by atoms with Crippen molar-refractivity contribution < 1.29 is 19.7 Å². The van der Waals surface area contributed by atoms with Crippen molar-refractivity contribution in [3.8, 4) is 0 Å². The Kier molecular flexibility index (Phi) is 4.15. The molecule has 21 heavy (non-hydrogen) atoms. The van der Waals surface area contributed by atoms with Crippen molar-refractivity contribution in [3.05, 3.63) is 30.0 Å². The molecule has 0 aromatic carbocycles. The van der Waals surface area contributed by atoms with Crippen LogP contribution in [-0.2, 0) is 0 Å². The van der Waals surface area contributed by atoms with Crippen molar-refractivity contribution >= 4 is 29.3 Å². The van der Waals surface area contributed by atoms with Gasteiger partial charge in [-0.3, -0.25) is 0 Å². The van der Waals surface area contributed by atoms with E-state index in [4.69, 9.17) is 10.8 Å². The molecule has 0 aliphatic heterocycles. The molecule has 1 aliphatic rings. The van der Waals surface area contributed by atoms with E-state index < -0.39 is 24.2 Å². The maximum absolute atomic E-state index is 13.4. The van der Waals surface area contributed by atoms with E-state index in [2.05, 4.69) is 9.97 Å². The largest absolute Gasteiger partial charge is 0.392 e. The SMILES string of the molecule is Cl.Nc1nc(F)cc2c1ncn2C1C=C(CO)C(O)C1O. The van der Waals surface area contributed by atoms with Gasteiger partial charge in [0, 0.05) is 6.07 Å². The molecule has 7 nitrogen and oxygen atoms in total. The molecule has 0 saturated heterocycles. The number of nitrogens with zero attached hydrogens (tertiary/aromatic N) is 3. The number of aromatic nitrogens is 3. The number of aliphatic hydroxyl groups is 3. The van der Waals surface area contributed by atoms with Crippen LogP contribution in [0.2, 0.25) is 0 Å². The third kappa shape index (κ3) is 2.36. The number of pyridine rings is 1. The van der Waals surface area contributed by atoms with Gasteiger partial charge >= 0.3 is 0 Å². The van der Waals surface area contributed by atoms with Gasteiger partial charge in [-0.25, -0.2) is 9.97 Å². The zero-order valence-electron chi connectivity index (χ0n) is 10.7. The predicted octanol–water partition coefficient (Wildman–Crippen LogP) is -0.230. The van der Waals surface area contributed by atoms with Crippen molar-refractivity contribution in [1.29, 1.82) is 0 Å². The van der Waals surface area contributed by atoms with Crippen LogP contribution in [0.5, 0.6) is 0 Å². The van der Waals surface area contributed by atoms with Gasteiger partial charge < -0.3 is 25.6 Å². The zero-order valence-corrected chi connectivity index (χ0v) is 11.5. The summed E-state index contributed by atoms with van der Waals surface area (Å²) in [6, 6.07) is 0.501. The minimum absolute atomic E-state index is 0. The summed E-state index contributed by atoms with van der Waals surface area (Å²) in [5, 5.41) is 28.9. The van der Waals surface area contributed by atoms with Gasteiger partial charge in [0.25, 0.3) is 0 Å². The molecule has 2 aromatic heterocycles. The minimum Gasteiger partial charge on any atom is -0.392 e. The number of aliphatic hydroxyl groups excluding tert-OH is 3. The first-order valence-electron chi connectivity index (χ1n) is 5.99. The first-order chi connectivity index (χ1) is 9.52. The average Bonchev–Trinajstić information content (AvgIpc) is 2.93. The van der Waals surface area contributed by atoms with E-state index in [0.29, 0.717) is 16.6 Å². The van der Waals surface area contributed by atoms with Gasteiger partial charge in [0.1, 0.15) is 17.7 Å². The number of nitrogens with two attached hydrogens (primary N) is 1. The van der Waals surface area contributed by atoms with Crippen molar-refractivity contribution in [1.82, 2.24) is 14.5 Å². The van der Waals surface area contributed by atoms with Gasteiger partial charge in [-0.1, -0.05) is 6.08 Å². The lowest BCUT2D eigenvalue weighted by molar-refractivity contribution is 0.0288. The van der Waals surface area contributed by atoms with Crippen LogP contribution in [0.25, 0.3) is 11.0 Å². The first-order valence-corrected chi connectivity index (χ1v) is 5.99. The fourth-order valence-corrected chi connectivity index (χ4v) is 2.48. The number of hydrogen-bond acceptors (Lipinski definition) is 6. The minimum atomic E-state index is -1.16.